The van der Waals surface area contributed by atoms with E-state index in [0.29, 0.717) is 6.42 Å². The molecule has 0 saturated heterocycles. The molecule has 0 heterocycles. The molecule has 0 rings (SSSR count). The number of carbonyl (C=O) groups excluding carboxylic acids is 2. The number of carbonyl (C=O) groups is 2. The summed E-state index contributed by atoms with van der Waals surface area (Å²) in [5, 5.41) is 16.7. The molecule has 4 N–H and O–H groups in total. The summed E-state index contributed by atoms with van der Waals surface area (Å²) in [5.74, 6) is -0.802. The molecular formula is C10H20N2O4. The van der Waals surface area contributed by atoms with Gasteiger partial charge in [-0.05, 0) is 18.3 Å². The second-order valence-corrected chi connectivity index (χ2v) is 4.62. The molecule has 16 heavy (non-hydrogen) atoms. The van der Waals surface area contributed by atoms with Gasteiger partial charge in [-0.15, -0.1) is 0 Å². The maximum Gasteiger partial charge on any atom is 0.243 e. The van der Waals surface area contributed by atoms with Gasteiger partial charge in [0.05, 0.1) is 0 Å². The molecule has 0 aromatic carbocycles. The maximum atomic E-state index is 11.0. The predicted octanol–water partition coefficient (Wildman–Crippen LogP) is 0.974. The maximum absolute atomic E-state index is 11.0. The number of unbranched alkanes of at least 4 members (excludes halogenated alkanes) is 1. The first-order valence-corrected chi connectivity index (χ1v) is 5.27. The van der Waals surface area contributed by atoms with Crippen molar-refractivity contribution in [3.8, 4) is 0 Å². The van der Waals surface area contributed by atoms with Crippen LogP contribution >= 0.6 is 0 Å². The highest BCUT2D eigenvalue weighted by atomic mass is 16.5. The Balaban J connectivity index is 3.73. The van der Waals surface area contributed by atoms with Crippen molar-refractivity contribution in [3.63, 3.8) is 0 Å². The summed E-state index contributed by atoms with van der Waals surface area (Å²) in [6.07, 6.45) is 2.75. The number of hydroxylamine groups is 2. The van der Waals surface area contributed by atoms with Gasteiger partial charge in [0, 0.05) is 12.8 Å². The fraction of sp³-hybridized carbons (Fsp3) is 0.800. The number of hydrogen-bond acceptors (Lipinski definition) is 4. The van der Waals surface area contributed by atoms with Crippen LogP contribution in [0.2, 0.25) is 0 Å². The Kier molecular flexibility index (Phi) is 6.67. The Morgan fingerprint density at radius 2 is 1.62 bits per heavy atom. The van der Waals surface area contributed by atoms with Crippen molar-refractivity contribution >= 4 is 11.8 Å². The van der Waals surface area contributed by atoms with E-state index < -0.39 is 11.8 Å². The smallest absolute Gasteiger partial charge is 0.243 e. The predicted molar refractivity (Wildman–Crippen MR) is 56.7 cm³/mol. The Morgan fingerprint density at radius 1 is 1.06 bits per heavy atom. The third-order valence-corrected chi connectivity index (χ3v) is 2.40. The van der Waals surface area contributed by atoms with E-state index in [0.717, 1.165) is 12.8 Å². The molecule has 94 valence electrons. The lowest BCUT2D eigenvalue weighted by Crippen LogP contribution is -2.26. The minimum Gasteiger partial charge on any atom is -0.289 e. The van der Waals surface area contributed by atoms with Gasteiger partial charge in [0.1, 0.15) is 0 Å². The average Bonchev–Trinajstić information content (AvgIpc) is 2.23. The van der Waals surface area contributed by atoms with E-state index in [1.165, 1.54) is 0 Å². The molecule has 0 aliphatic carbocycles. The molecular weight excluding hydrogens is 212 g/mol. The lowest BCUT2D eigenvalue weighted by Gasteiger charge is -2.22. The van der Waals surface area contributed by atoms with Gasteiger partial charge in [-0.3, -0.25) is 20.0 Å². The van der Waals surface area contributed by atoms with Crippen LogP contribution in [-0.2, 0) is 9.59 Å². The van der Waals surface area contributed by atoms with E-state index in [9.17, 15) is 9.59 Å². The second-order valence-electron chi connectivity index (χ2n) is 4.62. The molecule has 2 amide bonds. The molecule has 0 saturated carbocycles. The zero-order valence-corrected chi connectivity index (χ0v) is 9.75. The third kappa shape index (κ3) is 7.19. The average molecular weight is 232 g/mol. The largest absolute Gasteiger partial charge is 0.289 e. The van der Waals surface area contributed by atoms with Crippen LogP contribution in [0.3, 0.4) is 0 Å². The molecule has 0 aliphatic heterocycles. The minimum atomic E-state index is -0.405. The molecule has 0 radical (unpaired) electrons. The molecule has 0 aromatic heterocycles. The summed E-state index contributed by atoms with van der Waals surface area (Å²) in [6, 6.07) is 0. The summed E-state index contributed by atoms with van der Waals surface area (Å²) < 4.78 is 0. The first-order valence-electron chi connectivity index (χ1n) is 5.27. The highest BCUT2D eigenvalue weighted by Gasteiger charge is 2.21. The number of rotatable bonds is 7. The van der Waals surface area contributed by atoms with Crippen molar-refractivity contribution < 1.29 is 20.0 Å². The van der Waals surface area contributed by atoms with E-state index in [1.54, 1.807) is 11.0 Å². The Morgan fingerprint density at radius 3 is 2.12 bits per heavy atom. The standard InChI is InChI=1S/C10H20N2O4/c1-10(2,7-9(14)12-16)6-4-3-5-8(13)11-15/h15-16H,3-7H2,1-2H3,(H,11,13)(H,12,14). The molecule has 0 aromatic rings. The van der Waals surface area contributed by atoms with E-state index in [2.05, 4.69) is 0 Å². The number of hydrogen-bond donors (Lipinski definition) is 4. The van der Waals surface area contributed by atoms with Crippen LogP contribution in [0.15, 0.2) is 0 Å². The van der Waals surface area contributed by atoms with Crippen molar-refractivity contribution in [2.45, 2.75) is 46.0 Å². The van der Waals surface area contributed by atoms with E-state index >= 15 is 0 Å². The first kappa shape index (κ1) is 14.9. The summed E-state index contributed by atoms with van der Waals surface area (Å²) in [5.41, 5.74) is 2.96. The van der Waals surface area contributed by atoms with Crippen molar-refractivity contribution in [1.29, 1.82) is 0 Å². The minimum absolute atomic E-state index is 0.206. The van der Waals surface area contributed by atoms with Crippen LogP contribution in [0.4, 0.5) is 0 Å². The molecule has 0 aliphatic rings. The van der Waals surface area contributed by atoms with Gasteiger partial charge in [0.25, 0.3) is 0 Å². The highest BCUT2D eigenvalue weighted by Crippen LogP contribution is 2.27. The van der Waals surface area contributed by atoms with Gasteiger partial charge < -0.3 is 0 Å². The van der Waals surface area contributed by atoms with E-state index in [4.69, 9.17) is 10.4 Å². The monoisotopic (exact) mass is 232 g/mol. The lowest BCUT2D eigenvalue weighted by atomic mass is 9.83. The molecule has 6 nitrogen and oxygen atoms in total. The zero-order valence-electron chi connectivity index (χ0n) is 9.75. The molecule has 0 atom stereocenters. The van der Waals surface area contributed by atoms with Gasteiger partial charge in [0.15, 0.2) is 0 Å². The highest BCUT2D eigenvalue weighted by molar-refractivity contribution is 5.75. The SMILES string of the molecule is CC(C)(CCCCC(=O)NO)CC(=O)NO. The van der Waals surface area contributed by atoms with Gasteiger partial charge >= 0.3 is 0 Å². The van der Waals surface area contributed by atoms with Crippen LogP contribution in [0.5, 0.6) is 0 Å². The molecule has 0 fully saturated rings. The van der Waals surface area contributed by atoms with E-state index in [-0.39, 0.29) is 18.3 Å². The van der Waals surface area contributed by atoms with Crippen LogP contribution < -0.4 is 11.0 Å². The van der Waals surface area contributed by atoms with Gasteiger partial charge in [-0.2, -0.15) is 0 Å². The summed E-state index contributed by atoms with van der Waals surface area (Å²) in [4.78, 5) is 21.7. The number of nitrogens with one attached hydrogen (secondary N) is 2. The van der Waals surface area contributed by atoms with Crippen LogP contribution in [0, 0.1) is 5.41 Å². The van der Waals surface area contributed by atoms with Crippen LogP contribution in [0.25, 0.3) is 0 Å². The van der Waals surface area contributed by atoms with Crippen LogP contribution in [0.1, 0.15) is 46.0 Å². The summed E-state index contributed by atoms with van der Waals surface area (Å²) >= 11 is 0. The fourth-order valence-corrected chi connectivity index (χ4v) is 1.51. The molecule has 6 heteroatoms. The Bertz CT molecular complexity index is 241. The van der Waals surface area contributed by atoms with Crippen molar-refractivity contribution in [2.24, 2.45) is 5.41 Å². The molecule has 0 spiro atoms. The van der Waals surface area contributed by atoms with Crippen molar-refractivity contribution in [1.82, 2.24) is 11.0 Å². The second kappa shape index (κ2) is 7.19. The van der Waals surface area contributed by atoms with Gasteiger partial charge in [0.2, 0.25) is 11.8 Å². The quantitative estimate of drug-likeness (QED) is 0.298. The van der Waals surface area contributed by atoms with Crippen molar-refractivity contribution in [3.05, 3.63) is 0 Å². The normalized spacial score (nSPS) is 11.0. The van der Waals surface area contributed by atoms with Gasteiger partial charge in [-0.25, -0.2) is 11.0 Å². The summed E-state index contributed by atoms with van der Waals surface area (Å²) in [6.45, 7) is 3.85. The fourth-order valence-electron chi connectivity index (χ4n) is 1.51. The van der Waals surface area contributed by atoms with Crippen LogP contribution in [-0.4, -0.2) is 22.2 Å². The molecule has 0 unspecified atom stereocenters. The Labute approximate surface area is 94.9 Å². The lowest BCUT2D eigenvalue weighted by molar-refractivity contribution is -0.131. The van der Waals surface area contributed by atoms with Gasteiger partial charge in [-0.1, -0.05) is 20.3 Å². The Hall–Kier alpha value is -1.14. The number of amides is 2. The zero-order chi connectivity index (χ0) is 12.6. The first-order chi connectivity index (χ1) is 7.41. The van der Waals surface area contributed by atoms with Crippen molar-refractivity contribution in [2.75, 3.05) is 0 Å². The topological polar surface area (TPSA) is 98.7 Å². The molecule has 0 bridgehead atoms. The summed E-state index contributed by atoms with van der Waals surface area (Å²) in [7, 11) is 0. The van der Waals surface area contributed by atoms with E-state index in [1.807, 2.05) is 13.8 Å². The third-order valence-electron chi connectivity index (χ3n) is 2.40.